The number of hydrogen-bond acceptors (Lipinski definition) is 4. The molecule has 2 saturated heterocycles. The smallest absolute Gasteiger partial charge is 0.190 e. The molecule has 0 amide bonds. The third kappa shape index (κ3) is 2.05. The van der Waals surface area contributed by atoms with E-state index in [1.807, 2.05) is 6.08 Å². The summed E-state index contributed by atoms with van der Waals surface area (Å²) in [5.74, 6) is 0.587. The van der Waals surface area contributed by atoms with Gasteiger partial charge >= 0.3 is 0 Å². The first-order valence-corrected chi connectivity index (χ1v) is 6.50. The summed E-state index contributed by atoms with van der Waals surface area (Å²) in [5.41, 5.74) is -0.0348. The summed E-state index contributed by atoms with van der Waals surface area (Å²) in [4.78, 5) is 11.9. The van der Waals surface area contributed by atoms with Crippen LogP contribution in [-0.2, 0) is 19.0 Å². The van der Waals surface area contributed by atoms with Gasteiger partial charge in [-0.25, -0.2) is 0 Å². The molecule has 0 N–H and O–H groups in total. The Balaban J connectivity index is 1.89. The van der Waals surface area contributed by atoms with Crippen LogP contribution >= 0.6 is 0 Å². The highest BCUT2D eigenvalue weighted by Crippen LogP contribution is 2.47. The van der Waals surface area contributed by atoms with Gasteiger partial charge < -0.3 is 14.2 Å². The van der Waals surface area contributed by atoms with Gasteiger partial charge in [-0.2, -0.15) is 0 Å². The van der Waals surface area contributed by atoms with Crippen molar-refractivity contribution in [2.75, 3.05) is 6.79 Å². The van der Waals surface area contributed by atoms with E-state index in [4.69, 9.17) is 14.2 Å². The highest BCUT2D eigenvalue weighted by molar-refractivity contribution is 6.06. The third-order valence-electron chi connectivity index (χ3n) is 3.95. The lowest BCUT2D eigenvalue weighted by Crippen LogP contribution is -2.34. The molecule has 1 aliphatic carbocycles. The van der Waals surface area contributed by atoms with Gasteiger partial charge in [0.05, 0.1) is 11.7 Å². The minimum atomic E-state index is -0.634. The lowest BCUT2D eigenvalue weighted by Gasteiger charge is -2.27. The Bertz CT molecular complexity index is 500. The van der Waals surface area contributed by atoms with E-state index in [0.717, 1.165) is 0 Å². The summed E-state index contributed by atoms with van der Waals surface area (Å²) in [7, 11) is 0. The third-order valence-corrected chi connectivity index (χ3v) is 3.95. The molecule has 0 aromatic carbocycles. The molecule has 0 unspecified atom stereocenters. The summed E-state index contributed by atoms with van der Waals surface area (Å²) in [6.07, 6.45) is 6.51. The van der Waals surface area contributed by atoms with Crippen LogP contribution in [0, 0.1) is 0 Å². The highest BCUT2D eigenvalue weighted by Gasteiger charge is 2.55. The van der Waals surface area contributed by atoms with Crippen molar-refractivity contribution in [3.63, 3.8) is 0 Å². The summed E-state index contributed by atoms with van der Waals surface area (Å²) < 4.78 is 16.9. The molecule has 2 aliphatic heterocycles. The molecule has 0 saturated carbocycles. The van der Waals surface area contributed by atoms with Crippen LogP contribution in [0.2, 0.25) is 0 Å². The first-order valence-electron chi connectivity index (χ1n) is 6.50. The molecule has 102 valence electrons. The predicted octanol–water partition coefficient (Wildman–Crippen LogP) is 2.27. The van der Waals surface area contributed by atoms with E-state index in [1.165, 1.54) is 0 Å². The second-order valence-corrected chi connectivity index (χ2v) is 5.75. The molecule has 2 heterocycles. The number of epoxide rings is 1. The largest absolute Gasteiger partial charge is 0.468 e. The summed E-state index contributed by atoms with van der Waals surface area (Å²) in [6.45, 7) is 7.97. The normalized spacial score (nSPS) is 35.1. The van der Waals surface area contributed by atoms with Crippen LogP contribution < -0.4 is 0 Å². The minimum Gasteiger partial charge on any atom is -0.468 e. The van der Waals surface area contributed by atoms with E-state index in [-0.39, 0.29) is 24.3 Å². The molecule has 0 bridgehead atoms. The molecule has 0 aromatic rings. The predicted molar refractivity (Wildman–Crippen MR) is 69.3 cm³/mol. The summed E-state index contributed by atoms with van der Waals surface area (Å²) >= 11 is 0. The fraction of sp³-hybridized carbons (Fsp3) is 0.533. The lowest BCUT2D eigenvalue weighted by molar-refractivity contribution is -0.112. The van der Waals surface area contributed by atoms with Gasteiger partial charge in [0.2, 0.25) is 0 Å². The van der Waals surface area contributed by atoms with Crippen LogP contribution in [0.1, 0.15) is 26.7 Å². The number of hydrogen-bond donors (Lipinski definition) is 0. The Labute approximate surface area is 112 Å². The molecule has 3 rings (SSSR count). The average molecular weight is 262 g/mol. The van der Waals surface area contributed by atoms with E-state index < -0.39 is 5.60 Å². The fourth-order valence-corrected chi connectivity index (χ4v) is 2.66. The fourth-order valence-electron chi connectivity index (χ4n) is 2.66. The zero-order chi connectivity index (χ0) is 13.7. The van der Waals surface area contributed by atoms with Crippen LogP contribution in [0.3, 0.4) is 0 Å². The van der Waals surface area contributed by atoms with Gasteiger partial charge in [0.15, 0.2) is 18.2 Å². The lowest BCUT2D eigenvalue weighted by atomic mass is 9.84. The van der Waals surface area contributed by atoms with Crippen molar-refractivity contribution in [3.05, 3.63) is 36.1 Å². The van der Waals surface area contributed by atoms with Gasteiger partial charge in [0, 0.05) is 18.1 Å². The molecule has 3 aliphatic rings. The zero-order valence-corrected chi connectivity index (χ0v) is 11.3. The molecule has 2 fully saturated rings. The van der Waals surface area contributed by atoms with Crippen LogP contribution in [0.5, 0.6) is 0 Å². The Morgan fingerprint density at radius 3 is 2.89 bits per heavy atom. The van der Waals surface area contributed by atoms with Crippen LogP contribution in [0.25, 0.3) is 0 Å². The van der Waals surface area contributed by atoms with E-state index in [1.54, 1.807) is 12.2 Å². The molecule has 2 atom stereocenters. The van der Waals surface area contributed by atoms with Crippen molar-refractivity contribution in [3.8, 4) is 0 Å². The van der Waals surface area contributed by atoms with Crippen molar-refractivity contribution in [1.29, 1.82) is 0 Å². The second kappa shape index (κ2) is 4.05. The Morgan fingerprint density at radius 2 is 2.26 bits per heavy atom. The van der Waals surface area contributed by atoms with Crippen molar-refractivity contribution >= 4 is 5.78 Å². The van der Waals surface area contributed by atoms with Crippen molar-refractivity contribution < 1.29 is 19.0 Å². The second-order valence-electron chi connectivity index (χ2n) is 5.75. The SMILES string of the molecule is C=CCC1=C[C@]2(C[C@H]3OC3(C)C)OCOC2=CC1=O. The maximum atomic E-state index is 11.9. The molecule has 4 nitrogen and oxygen atoms in total. The van der Waals surface area contributed by atoms with E-state index >= 15 is 0 Å². The number of carbonyl (C=O) groups is 1. The number of rotatable bonds is 4. The topological polar surface area (TPSA) is 48.1 Å². The van der Waals surface area contributed by atoms with Crippen molar-refractivity contribution in [2.45, 2.75) is 44.0 Å². The number of fused-ring (bicyclic) bond motifs is 1. The highest BCUT2D eigenvalue weighted by atomic mass is 16.7. The van der Waals surface area contributed by atoms with Gasteiger partial charge in [0.1, 0.15) is 5.76 Å². The molecule has 0 spiro atoms. The monoisotopic (exact) mass is 262 g/mol. The van der Waals surface area contributed by atoms with Gasteiger partial charge in [-0.1, -0.05) is 6.08 Å². The molecular weight excluding hydrogens is 244 g/mol. The molecule has 0 aromatic heterocycles. The number of ether oxygens (including phenoxy) is 3. The first kappa shape index (κ1) is 12.6. The minimum absolute atomic E-state index is 0.0213. The zero-order valence-electron chi connectivity index (χ0n) is 11.3. The maximum Gasteiger partial charge on any atom is 0.190 e. The maximum absolute atomic E-state index is 11.9. The molecule has 19 heavy (non-hydrogen) atoms. The molecule has 4 heteroatoms. The molecule has 0 radical (unpaired) electrons. The Morgan fingerprint density at radius 1 is 1.53 bits per heavy atom. The van der Waals surface area contributed by atoms with E-state index in [0.29, 0.717) is 24.2 Å². The van der Waals surface area contributed by atoms with Gasteiger partial charge in [-0.3, -0.25) is 4.79 Å². The number of allylic oxidation sites excluding steroid dienone is 3. The standard InChI is InChI=1S/C15H18O4/c1-4-5-10-7-15(8-13-14(2,3)19-13)12(6-11(10)16)17-9-18-15/h4,6-7,13H,1,5,8-9H2,2-3H3/t13-,15-/m1/s1. The molecular formula is C15H18O4. The number of carbonyl (C=O) groups excluding carboxylic acids is 1. The van der Waals surface area contributed by atoms with Crippen molar-refractivity contribution in [1.82, 2.24) is 0 Å². The Hall–Kier alpha value is -1.39. The van der Waals surface area contributed by atoms with E-state index in [9.17, 15) is 4.79 Å². The van der Waals surface area contributed by atoms with Crippen LogP contribution in [0.15, 0.2) is 36.1 Å². The Kier molecular flexibility index (Phi) is 2.69. The van der Waals surface area contributed by atoms with Crippen molar-refractivity contribution in [2.24, 2.45) is 0 Å². The van der Waals surface area contributed by atoms with Crippen LogP contribution in [-0.4, -0.2) is 29.9 Å². The quantitative estimate of drug-likeness (QED) is 0.576. The van der Waals surface area contributed by atoms with Crippen LogP contribution in [0.4, 0.5) is 0 Å². The van der Waals surface area contributed by atoms with Gasteiger partial charge in [-0.15, -0.1) is 6.58 Å². The first-order chi connectivity index (χ1) is 8.97. The summed E-state index contributed by atoms with van der Waals surface area (Å²) in [5, 5.41) is 0. The summed E-state index contributed by atoms with van der Waals surface area (Å²) in [6, 6.07) is 0. The van der Waals surface area contributed by atoms with Gasteiger partial charge in [-0.05, 0) is 26.3 Å². The van der Waals surface area contributed by atoms with E-state index in [2.05, 4.69) is 20.4 Å². The average Bonchev–Trinajstić information content (AvgIpc) is 2.74. The number of ketones is 1. The van der Waals surface area contributed by atoms with Gasteiger partial charge in [0.25, 0.3) is 0 Å².